The minimum atomic E-state index is -3.51. The Kier molecular flexibility index (Phi) is 7.60. The summed E-state index contributed by atoms with van der Waals surface area (Å²) < 4.78 is 55.3. The van der Waals surface area contributed by atoms with Crippen LogP contribution in [0, 0.1) is 0 Å². The van der Waals surface area contributed by atoms with Crippen LogP contribution >= 0.6 is 0 Å². The summed E-state index contributed by atoms with van der Waals surface area (Å²) in [5.74, 6) is 0. The number of nitrogens with zero attached hydrogens (tertiary/aromatic N) is 2. The molecular weight excluding hydrogens is 374 g/mol. The van der Waals surface area contributed by atoms with E-state index in [1.807, 2.05) is 0 Å². The van der Waals surface area contributed by atoms with Gasteiger partial charge in [-0.25, -0.2) is 8.42 Å². The lowest BCUT2D eigenvalue weighted by molar-refractivity contribution is 0.414. The molecule has 0 unspecified atom stereocenters. The molecule has 1 aromatic rings. The quantitative estimate of drug-likeness (QED) is 0.718. The Bertz CT molecular complexity index is 765. The molecule has 1 N–H and O–H groups in total. The topological polar surface area (TPSA) is 86.8 Å². The van der Waals surface area contributed by atoms with E-state index in [-0.39, 0.29) is 11.4 Å². The number of hydrogen-bond acceptors (Lipinski definition) is 4. The fraction of sp³-hybridized carbons (Fsp3) is 0.647. The highest BCUT2D eigenvalue weighted by atomic mass is 32.2. The zero-order valence-corrected chi connectivity index (χ0v) is 17.2. The van der Waals surface area contributed by atoms with Crippen LogP contribution in [0.15, 0.2) is 29.2 Å². The Morgan fingerprint density at radius 3 is 1.96 bits per heavy atom. The van der Waals surface area contributed by atoms with Gasteiger partial charge in [-0.15, -0.1) is 0 Å². The lowest BCUT2D eigenvalue weighted by atomic mass is 10.2. The summed E-state index contributed by atoms with van der Waals surface area (Å²) in [4.78, 5) is 0.223. The van der Waals surface area contributed by atoms with E-state index in [9.17, 15) is 16.8 Å². The van der Waals surface area contributed by atoms with E-state index in [1.165, 1.54) is 20.7 Å². The first-order valence-corrected chi connectivity index (χ1v) is 12.0. The van der Waals surface area contributed by atoms with Crippen LogP contribution in [0.5, 0.6) is 0 Å². The van der Waals surface area contributed by atoms with Gasteiger partial charge in [0.05, 0.1) is 4.90 Å². The second-order valence-corrected chi connectivity index (χ2v) is 10.1. The summed E-state index contributed by atoms with van der Waals surface area (Å²) in [7, 11) is -7.00. The van der Waals surface area contributed by atoms with E-state index in [1.54, 1.807) is 26.0 Å². The Hall–Kier alpha value is -1.00. The summed E-state index contributed by atoms with van der Waals surface area (Å²) in [5, 5.41) is 0. The molecule has 0 bridgehead atoms. The average Bonchev–Trinajstić information content (AvgIpc) is 2.91. The Labute approximate surface area is 157 Å². The maximum atomic E-state index is 12.5. The fourth-order valence-corrected chi connectivity index (χ4v) is 5.77. The summed E-state index contributed by atoms with van der Waals surface area (Å²) in [6.45, 7) is 5.67. The third-order valence-electron chi connectivity index (χ3n) is 4.63. The molecule has 1 aliphatic rings. The zero-order chi connectivity index (χ0) is 19.2. The van der Waals surface area contributed by atoms with E-state index >= 15 is 0 Å². The van der Waals surface area contributed by atoms with Crippen molar-refractivity contribution >= 4 is 20.2 Å². The molecule has 0 radical (unpaired) electrons. The molecule has 1 heterocycles. The minimum Gasteiger partial charge on any atom is -0.207 e. The summed E-state index contributed by atoms with van der Waals surface area (Å²) in [6.07, 6.45) is 3.90. The predicted molar refractivity (Wildman–Crippen MR) is 102 cm³/mol. The molecule has 1 fully saturated rings. The predicted octanol–water partition coefficient (Wildman–Crippen LogP) is 1.93. The third-order valence-corrected chi connectivity index (χ3v) is 8.25. The largest absolute Gasteiger partial charge is 0.279 e. The van der Waals surface area contributed by atoms with Crippen molar-refractivity contribution in [1.82, 2.24) is 13.3 Å². The van der Waals surface area contributed by atoms with Crippen LogP contribution in [0.2, 0.25) is 0 Å². The van der Waals surface area contributed by atoms with Crippen LogP contribution in [0.1, 0.15) is 45.1 Å². The lowest BCUT2D eigenvalue weighted by Crippen LogP contribution is -2.40. The smallest absolute Gasteiger partial charge is 0.207 e. The lowest BCUT2D eigenvalue weighted by Gasteiger charge is -2.20. The van der Waals surface area contributed by atoms with Crippen LogP contribution in [-0.2, 0) is 26.8 Å². The van der Waals surface area contributed by atoms with Gasteiger partial charge in [0.25, 0.3) is 10.2 Å². The number of nitrogens with one attached hydrogen (secondary N) is 1. The van der Waals surface area contributed by atoms with Crippen molar-refractivity contribution in [2.24, 2.45) is 0 Å². The standard InChI is InChI=1S/C17H29N3O4S2/c1-3-19(4-2)25(21,22)17-11-9-16(10-12-17)15-18-26(23,24)20-13-7-5-6-8-14-20/h9-12,18H,3-8,13-15H2,1-2H3. The zero-order valence-electron chi connectivity index (χ0n) is 15.5. The molecule has 26 heavy (non-hydrogen) atoms. The van der Waals surface area contributed by atoms with Gasteiger partial charge in [-0.2, -0.15) is 21.8 Å². The van der Waals surface area contributed by atoms with Gasteiger partial charge in [0.2, 0.25) is 10.0 Å². The molecule has 1 aromatic carbocycles. The Morgan fingerprint density at radius 2 is 1.46 bits per heavy atom. The summed E-state index contributed by atoms with van der Waals surface area (Å²) in [6, 6.07) is 6.37. The Balaban J connectivity index is 2.03. The summed E-state index contributed by atoms with van der Waals surface area (Å²) >= 11 is 0. The highest BCUT2D eigenvalue weighted by molar-refractivity contribution is 7.89. The fourth-order valence-electron chi connectivity index (χ4n) is 3.04. The van der Waals surface area contributed by atoms with Crippen molar-refractivity contribution in [3.05, 3.63) is 29.8 Å². The molecular formula is C17H29N3O4S2. The van der Waals surface area contributed by atoms with Crippen LogP contribution < -0.4 is 4.72 Å². The van der Waals surface area contributed by atoms with Crippen LogP contribution in [0.4, 0.5) is 0 Å². The second-order valence-electron chi connectivity index (χ2n) is 6.37. The second kappa shape index (κ2) is 9.27. The van der Waals surface area contributed by atoms with Gasteiger partial charge in [0.1, 0.15) is 0 Å². The molecule has 148 valence electrons. The Morgan fingerprint density at radius 1 is 0.923 bits per heavy atom. The molecule has 0 aliphatic carbocycles. The number of rotatable bonds is 8. The molecule has 1 aliphatic heterocycles. The van der Waals surface area contributed by atoms with Gasteiger partial charge in [0.15, 0.2) is 0 Å². The first kappa shape index (κ1) is 21.3. The van der Waals surface area contributed by atoms with Crippen molar-refractivity contribution in [2.45, 2.75) is 51.0 Å². The molecule has 9 heteroatoms. The molecule has 2 rings (SSSR count). The van der Waals surface area contributed by atoms with Gasteiger partial charge in [-0.1, -0.05) is 38.8 Å². The average molecular weight is 404 g/mol. The number of sulfonamides is 1. The molecule has 1 saturated heterocycles. The normalized spacial score (nSPS) is 17.3. The molecule has 0 spiro atoms. The van der Waals surface area contributed by atoms with Gasteiger partial charge in [-0.05, 0) is 30.5 Å². The monoisotopic (exact) mass is 403 g/mol. The van der Waals surface area contributed by atoms with Crippen molar-refractivity contribution in [1.29, 1.82) is 0 Å². The minimum absolute atomic E-state index is 0.143. The first-order chi connectivity index (χ1) is 12.3. The van der Waals surface area contributed by atoms with E-state index in [0.29, 0.717) is 26.2 Å². The van der Waals surface area contributed by atoms with Crippen molar-refractivity contribution in [3.8, 4) is 0 Å². The molecule has 7 nitrogen and oxygen atoms in total. The maximum Gasteiger partial charge on any atom is 0.279 e. The summed E-state index contributed by atoms with van der Waals surface area (Å²) in [5.41, 5.74) is 0.724. The SMILES string of the molecule is CCN(CC)S(=O)(=O)c1ccc(CNS(=O)(=O)N2CCCCCC2)cc1. The van der Waals surface area contributed by atoms with Crippen molar-refractivity contribution in [2.75, 3.05) is 26.2 Å². The van der Waals surface area contributed by atoms with Crippen molar-refractivity contribution < 1.29 is 16.8 Å². The first-order valence-electron chi connectivity index (χ1n) is 9.15. The van der Waals surface area contributed by atoms with Crippen molar-refractivity contribution in [3.63, 3.8) is 0 Å². The van der Waals surface area contributed by atoms with E-state index in [0.717, 1.165) is 31.2 Å². The molecule has 0 saturated carbocycles. The number of hydrogen-bond donors (Lipinski definition) is 1. The maximum absolute atomic E-state index is 12.5. The van der Waals surface area contributed by atoms with Gasteiger partial charge < -0.3 is 0 Å². The van der Waals surface area contributed by atoms with Gasteiger partial charge in [0, 0.05) is 32.7 Å². The highest BCUT2D eigenvalue weighted by Gasteiger charge is 2.23. The highest BCUT2D eigenvalue weighted by Crippen LogP contribution is 2.17. The van der Waals surface area contributed by atoms with E-state index in [2.05, 4.69) is 4.72 Å². The van der Waals surface area contributed by atoms with E-state index < -0.39 is 20.2 Å². The van der Waals surface area contributed by atoms with E-state index in [4.69, 9.17) is 0 Å². The van der Waals surface area contributed by atoms with Crippen LogP contribution in [-0.4, -0.2) is 51.6 Å². The molecule has 0 atom stereocenters. The van der Waals surface area contributed by atoms with Gasteiger partial charge >= 0.3 is 0 Å². The van der Waals surface area contributed by atoms with Crippen LogP contribution in [0.3, 0.4) is 0 Å². The third kappa shape index (κ3) is 5.26. The van der Waals surface area contributed by atoms with Crippen LogP contribution in [0.25, 0.3) is 0 Å². The van der Waals surface area contributed by atoms with Gasteiger partial charge in [-0.3, -0.25) is 0 Å². The molecule has 0 amide bonds. The number of benzene rings is 1. The molecule has 0 aromatic heterocycles.